The summed E-state index contributed by atoms with van der Waals surface area (Å²) < 4.78 is 23.8. The molecule has 1 aromatic rings. The molecule has 0 atom stereocenters. The van der Waals surface area contributed by atoms with Crippen molar-refractivity contribution < 1.29 is 13.3 Å². The molecule has 0 saturated carbocycles. The average molecular weight is 268 g/mol. The molecule has 0 amide bonds. The SMILES string of the molecule is CC=Bc1ccc([N+](=O)[O-])c(N(C)S(C)(=O)=O)c1. The van der Waals surface area contributed by atoms with Gasteiger partial charge in [0.25, 0.3) is 0 Å². The van der Waals surface area contributed by atoms with Crippen LogP contribution in [0.25, 0.3) is 0 Å². The summed E-state index contributed by atoms with van der Waals surface area (Å²) >= 11 is 0. The molecule has 0 spiro atoms. The summed E-state index contributed by atoms with van der Waals surface area (Å²) in [6.45, 7) is 3.55. The Kier molecular flexibility index (Phi) is 4.23. The molecule has 8 heteroatoms. The molecular formula is C10H13BN2O4S. The molecule has 0 radical (unpaired) electrons. The van der Waals surface area contributed by atoms with Gasteiger partial charge >= 0.3 is 106 Å². The van der Waals surface area contributed by atoms with Gasteiger partial charge in [-0.05, 0) is 0 Å². The number of sulfonamides is 1. The molecule has 18 heavy (non-hydrogen) atoms. The van der Waals surface area contributed by atoms with Crippen molar-refractivity contribution in [1.29, 1.82) is 0 Å². The van der Waals surface area contributed by atoms with Crippen molar-refractivity contribution in [2.75, 3.05) is 17.6 Å². The van der Waals surface area contributed by atoms with Crippen molar-refractivity contribution in [2.24, 2.45) is 0 Å². The number of benzene rings is 1. The van der Waals surface area contributed by atoms with E-state index in [1.165, 1.54) is 19.2 Å². The number of nitro groups is 1. The minimum absolute atomic E-state index is 0.0538. The van der Waals surface area contributed by atoms with Gasteiger partial charge in [-0.2, -0.15) is 0 Å². The summed E-state index contributed by atoms with van der Waals surface area (Å²) in [5.41, 5.74) is 0.517. The fraction of sp³-hybridized carbons (Fsp3) is 0.300. The van der Waals surface area contributed by atoms with Crippen LogP contribution in [0, 0.1) is 10.1 Å². The van der Waals surface area contributed by atoms with Crippen molar-refractivity contribution in [1.82, 2.24) is 0 Å². The van der Waals surface area contributed by atoms with E-state index in [9.17, 15) is 18.5 Å². The zero-order chi connectivity index (χ0) is 13.9. The third-order valence-electron chi connectivity index (χ3n) is 2.39. The molecule has 0 heterocycles. The topological polar surface area (TPSA) is 80.5 Å². The number of nitrogens with zero attached hydrogens (tertiary/aromatic N) is 2. The first-order valence-corrected chi connectivity index (χ1v) is 6.97. The van der Waals surface area contributed by atoms with Gasteiger partial charge in [0, 0.05) is 0 Å². The molecule has 0 aromatic heterocycles. The number of hydrogen-bond donors (Lipinski definition) is 0. The molecule has 0 bridgehead atoms. The Bertz CT molecular complexity index is 598. The summed E-state index contributed by atoms with van der Waals surface area (Å²) in [5, 5.41) is 10.9. The van der Waals surface area contributed by atoms with Gasteiger partial charge in [0.1, 0.15) is 0 Å². The molecule has 1 rings (SSSR count). The zero-order valence-electron chi connectivity index (χ0n) is 10.3. The van der Waals surface area contributed by atoms with Crippen LogP contribution in [0.4, 0.5) is 11.4 Å². The van der Waals surface area contributed by atoms with Gasteiger partial charge in [-0.15, -0.1) is 0 Å². The maximum atomic E-state index is 11.5. The minimum atomic E-state index is -3.54. The van der Waals surface area contributed by atoms with E-state index in [1.54, 1.807) is 25.9 Å². The van der Waals surface area contributed by atoms with Crippen molar-refractivity contribution in [3.05, 3.63) is 28.3 Å². The first-order chi connectivity index (χ1) is 8.27. The van der Waals surface area contributed by atoms with Crippen LogP contribution in [-0.4, -0.2) is 39.5 Å². The number of rotatable bonds is 4. The standard InChI is InChI=1S/C10H13BN2O4S/c1-4-11-8-5-6-9(13(14)15)10(7-8)12(2)18(3,16)17/h4-7H,1-3H3. The summed E-state index contributed by atoms with van der Waals surface area (Å²) in [4.78, 5) is 10.3. The molecule has 0 aliphatic carbocycles. The summed E-state index contributed by atoms with van der Waals surface area (Å²) in [5.74, 6) is 1.77. The molecule has 6 nitrogen and oxygen atoms in total. The van der Waals surface area contributed by atoms with E-state index in [0.717, 1.165) is 10.6 Å². The predicted molar refractivity (Wildman–Crippen MR) is 73.5 cm³/mol. The number of anilines is 1. The van der Waals surface area contributed by atoms with Crippen LogP contribution in [0.3, 0.4) is 0 Å². The molecular weight excluding hydrogens is 255 g/mol. The van der Waals surface area contributed by atoms with E-state index < -0.39 is 14.9 Å². The van der Waals surface area contributed by atoms with Gasteiger partial charge in [-0.1, -0.05) is 0 Å². The third-order valence-corrected chi connectivity index (χ3v) is 3.58. The van der Waals surface area contributed by atoms with E-state index in [-0.39, 0.29) is 11.4 Å². The quantitative estimate of drug-likeness (QED) is 0.442. The second-order valence-electron chi connectivity index (χ2n) is 3.74. The molecule has 0 unspecified atom stereocenters. The van der Waals surface area contributed by atoms with Gasteiger partial charge in [0.05, 0.1) is 0 Å². The zero-order valence-corrected chi connectivity index (χ0v) is 11.1. The Labute approximate surface area is 106 Å². The Morgan fingerprint density at radius 1 is 1.44 bits per heavy atom. The third kappa shape index (κ3) is 3.16. The number of nitro benzene ring substituents is 1. The first kappa shape index (κ1) is 14.4. The Morgan fingerprint density at radius 3 is 2.50 bits per heavy atom. The van der Waals surface area contributed by atoms with Crippen LogP contribution in [0.1, 0.15) is 6.92 Å². The van der Waals surface area contributed by atoms with Crippen LogP contribution >= 0.6 is 0 Å². The second kappa shape index (κ2) is 5.30. The van der Waals surface area contributed by atoms with Gasteiger partial charge in [-0.25, -0.2) is 0 Å². The first-order valence-electron chi connectivity index (χ1n) is 5.12. The molecule has 1 aromatic carbocycles. The summed E-state index contributed by atoms with van der Waals surface area (Å²) in [7, 11) is -2.25. The van der Waals surface area contributed by atoms with Crippen LogP contribution in [-0.2, 0) is 10.0 Å². The van der Waals surface area contributed by atoms with Gasteiger partial charge in [0.15, 0.2) is 0 Å². The van der Waals surface area contributed by atoms with E-state index in [2.05, 4.69) is 0 Å². The molecule has 0 saturated heterocycles. The average Bonchev–Trinajstić information content (AvgIpc) is 2.26. The Hall–Kier alpha value is -1.70. The van der Waals surface area contributed by atoms with Crippen LogP contribution in [0.5, 0.6) is 0 Å². The normalized spacial score (nSPS) is 11.3. The molecule has 0 aliphatic rings. The van der Waals surface area contributed by atoms with Crippen LogP contribution < -0.4 is 9.77 Å². The second-order valence-corrected chi connectivity index (χ2v) is 5.75. The molecule has 96 valence electrons. The van der Waals surface area contributed by atoms with Crippen molar-refractivity contribution >= 4 is 39.7 Å². The number of hydrogen-bond acceptors (Lipinski definition) is 4. The Balaban J connectivity index is 3.46. The Morgan fingerprint density at radius 2 is 2.06 bits per heavy atom. The van der Waals surface area contributed by atoms with Crippen LogP contribution in [0.2, 0.25) is 0 Å². The van der Waals surface area contributed by atoms with Gasteiger partial charge in [-0.3, -0.25) is 0 Å². The predicted octanol–water partition coefficient (Wildman–Crippen LogP) is 0.142. The van der Waals surface area contributed by atoms with E-state index in [4.69, 9.17) is 0 Å². The van der Waals surface area contributed by atoms with E-state index in [0.29, 0.717) is 5.46 Å². The summed E-state index contributed by atoms with van der Waals surface area (Å²) in [6.07, 6.45) is 0.999. The fourth-order valence-electron chi connectivity index (χ4n) is 1.42. The van der Waals surface area contributed by atoms with Gasteiger partial charge in [0.2, 0.25) is 0 Å². The van der Waals surface area contributed by atoms with E-state index in [1.807, 2.05) is 0 Å². The fourth-order valence-corrected chi connectivity index (χ4v) is 1.93. The van der Waals surface area contributed by atoms with E-state index >= 15 is 0 Å². The molecule has 0 aliphatic heterocycles. The molecule has 0 N–H and O–H groups in total. The molecule has 0 fully saturated rings. The van der Waals surface area contributed by atoms with Crippen molar-refractivity contribution in [2.45, 2.75) is 6.92 Å². The maximum absolute atomic E-state index is 11.5. The monoisotopic (exact) mass is 268 g/mol. The van der Waals surface area contributed by atoms with Crippen molar-refractivity contribution in [3.63, 3.8) is 0 Å². The van der Waals surface area contributed by atoms with Crippen molar-refractivity contribution in [3.8, 4) is 0 Å². The van der Waals surface area contributed by atoms with Gasteiger partial charge < -0.3 is 0 Å². The summed E-state index contributed by atoms with van der Waals surface area (Å²) in [6, 6.07) is 4.34. The van der Waals surface area contributed by atoms with Crippen LogP contribution in [0.15, 0.2) is 18.2 Å².